The summed E-state index contributed by atoms with van der Waals surface area (Å²) in [6.07, 6.45) is 1.94. The van der Waals surface area contributed by atoms with Crippen LogP contribution in [0.5, 0.6) is 5.75 Å². The number of thioether (sulfide) groups is 1. The van der Waals surface area contributed by atoms with E-state index in [1.807, 2.05) is 20.1 Å². The fourth-order valence-electron chi connectivity index (χ4n) is 1.26. The third-order valence-electron chi connectivity index (χ3n) is 1.99. The molecule has 3 nitrogen and oxygen atoms in total. The van der Waals surface area contributed by atoms with Crippen LogP contribution < -0.4 is 4.52 Å². The molecule has 0 amide bonds. The third kappa shape index (κ3) is 5.09. The van der Waals surface area contributed by atoms with Crippen molar-refractivity contribution in [2.24, 2.45) is 0 Å². The summed E-state index contributed by atoms with van der Waals surface area (Å²) in [5, 5.41) is 0.788. The molecule has 0 radical (unpaired) electrons. The van der Waals surface area contributed by atoms with E-state index in [0.717, 1.165) is 4.90 Å². The van der Waals surface area contributed by atoms with E-state index in [-0.39, 0.29) is 0 Å². The molecule has 0 saturated heterocycles. The quantitative estimate of drug-likeness (QED) is 0.479. The highest BCUT2D eigenvalue weighted by Gasteiger charge is 2.24. The van der Waals surface area contributed by atoms with Gasteiger partial charge in [0.05, 0.1) is 23.3 Å². The molecule has 0 spiro atoms. The van der Waals surface area contributed by atoms with Crippen molar-refractivity contribution < 1.29 is 13.6 Å². The number of halogens is 2. The van der Waals surface area contributed by atoms with Gasteiger partial charge < -0.3 is 4.52 Å². The predicted octanol–water partition coefficient (Wildman–Crippen LogP) is 5.39. The van der Waals surface area contributed by atoms with Crippen molar-refractivity contribution in [1.82, 2.24) is 0 Å². The van der Waals surface area contributed by atoms with E-state index in [1.165, 1.54) is 0 Å². The smallest absolute Gasteiger partial charge is 0.380 e. The van der Waals surface area contributed by atoms with Gasteiger partial charge in [-0.2, -0.15) is 0 Å². The van der Waals surface area contributed by atoms with Crippen molar-refractivity contribution in [3.8, 4) is 5.75 Å². The van der Waals surface area contributed by atoms with Crippen molar-refractivity contribution in [3.63, 3.8) is 0 Å². The Kier molecular flexibility index (Phi) is 7.47. The molecular formula is C11H15Cl2O3PS2. The largest absolute Gasteiger partial charge is 0.421 e. The van der Waals surface area contributed by atoms with E-state index in [1.54, 1.807) is 23.9 Å². The molecule has 8 heteroatoms. The van der Waals surface area contributed by atoms with Crippen LogP contribution >= 0.6 is 41.7 Å². The second-order valence-electron chi connectivity index (χ2n) is 3.29. The lowest BCUT2D eigenvalue weighted by Crippen LogP contribution is -2.02. The fraction of sp³-hybridized carbons (Fsp3) is 0.455. The zero-order valence-corrected chi connectivity index (χ0v) is 14.9. The standard InChI is InChI=1S/C11H15Cl2O3PS2/c1-4-14-17(18,15-5-2)16-11-9(12)6-8(19-3)7-10(11)13/h6-7H,4-5H2,1-3H3. The Hall–Kier alpha value is 0.520. The molecule has 0 atom stereocenters. The van der Waals surface area contributed by atoms with E-state index in [9.17, 15) is 0 Å². The topological polar surface area (TPSA) is 27.7 Å². The lowest BCUT2D eigenvalue weighted by Gasteiger charge is -2.22. The van der Waals surface area contributed by atoms with Gasteiger partial charge in [0.25, 0.3) is 0 Å². The predicted molar refractivity (Wildman–Crippen MR) is 86.4 cm³/mol. The van der Waals surface area contributed by atoms with Crippen LogP contribution in [0.2, 0.25) is 10.0 Å². The highest BCUT2D eigenvalue weighted by molar-refractivity contribution is 8.07. The number of hydrogen-bond acceptors (Lipinski definition) is 5. The molecule has 1 aromatic rings. The zero-order chi connectivity index (χ0) is 14.5. The Morgan fingerprint density at radius 3 is 2.00 bits per heavy atom. The summed E-state index contributed by atoms with van der Waals surface area (Å²) < 4.78 is 16.5. The van der Waals surface area contributed by atoms with Gasteiger partial charge in [0.1, 0.15) is 0 Å². The van der Waals surface area contributed by atoms with Crippen molar-refractivity contribution in [2.45, 2.75) is 18.7 Å². The molecule has 0 bridgehead atoms. The van der Waals surface area contributed by atoms with Gasteiger partial charge in [0.2, 0.25) is 0 Å². The van der Waals surface area contributed by atoms with Crippen LogP contribution in [0.3, 0.4) is 0 Å². The SMILES string of the molecule is CCOP(=S)(OCC)Oc1c(Cl)cc(SC)cc1Cl. The van der Waals surface area contributed by atoms with Crippen LogP contribution in [0.4, 0.5) is 0 Å². The maximum atomic E-state index is 6.16. The maximum absolute atomic E-state index is 6.16. The van der Waals surface area contributed by atoms with Crippen LogP contribution in [0.25, 0.3) is 0 Å². The van der Waals surface area contributed by atoms with E-state index >= 15 is 0 Å². The van der Waals surface area contributed by atoms with Crippen molar-refractivity contribution in [2.75, 3.05) is 19.5 Å². The summed E-state index contributed by atoms with van der Waals surface area (Å²) in [6, 6.07) is 3.54. The fourth-order valence-corrected chi connectivity index (χ4v) is 4.62. The molecular weight excluding hydrogens is 346 g/mol. The van der Waals surface area contributed by atoms with Crippen molar-refractivity contribution in [1.29, 1.82) is 0 Å². The first-order chi connectivity index (χ1) is 8.95. The first-order valence-corrected chi connectivity index (χ1v) is 10.1. The molecule has 0 aromatic heterocycles. The van der Waals surface area contributed by atoms with Crippen LogP contribution in [-0.2, 0) is 20.9 Å². The Morgan fingerprint density at radius 1 is 1.16 bits per heavy atom. The summed E-state index contributed by atoms with van der Waals surface area (Å²) in [6.45, 7) is 1.58. The van der Waals surface area contributed by atoms with Gasteiger partial charge >= 0.3 is 6.72 Å². The van der Waals surface area contributed by atoms with Crippen molar-refractivity contribution in [3.05, 3.63) is 22.2 Å². The van der Waals surface area contributed by atoms with Gasteiger partial charge in [-0.1, -0.05) is 23.2 Å². The summed E-state index contributed by atoms with van der Waals surface area (Å²) in [4.78, 5) is 0.948. The summed E-state index contributed by atoms with van der Waals surface area (Å²) >= 11 is 19.1. The minimum absolute atomic E-state index is 0.311. The molecule has 0 aliphatic heterocycles. The summed E-state index contributed by atoms with van der Waals surface area (Å²) in [5.41, 5.74) is 0. The Bertz CT molecular complexity index is 452. The molecule has 108 valence electrons. The minimum atomic E-state index is -2.86. The van der Waals surface area contributed by atoms with Gasteiger partial charge in [0.15, 0.2) is 5.75 Å². The van der Waals surface area contributed by atoms with Crippen molar-refractivity contribution >= 4 is 53.5 Å². The maximum Gasteiger partial charge on any atom is 0.380 e. The first-order valence-electron chi connectivity index (χ1n) is 5.57. The van der Waals surface area contributed by atoms with Crippen LogP contribution in [0.15, 0.2) is 17.0 Å². The summed E-state index contributed by atoms with van der Waals surface area (Å²) in [7, 11) is 0. The summed E-state index contributed by atoms with van der Waals surface area (Å²) in [5.74, 6) is 0.311. The van der Waals surface area contributed by atoms with Gasteiger partial charge in [-0.25, -0.2) is 0 Å². The second kappa shape index (κ2) is 8.08. The van der Waals surface area contributed by atoms with Crippen LogP contribution in [0.1, 0.15) is 13.8 Å². The Morgan fingerprint density at radius 2 is 1.63 bits per heavy atom. The highest BCUT2D eigenvalue weighted by Crippen LogP contribution is 2.53. The van der Waals surface area contributed by atoms with Crippen LogP contribution in [-0.4, -0.2) is 19.5 Å². The van der Waals surface area contributed by atoms with E-state index < -0.39 is 6.72 Å². The molecule has 19 heavy (non-hydrogen) atoms. The van der Waals surface area contributed by atoms with Gasteiger partial charge in [-0.15, -0.1) is 11.8 Å². The molecule has 0 aliphatic carbocycles. The normalized spacial score (nSPS) is 11.6. The lowest BCUT2D eigenvalue weighted by atomic mass is 10.3. The molecule has 0 N–H and O–H groups in total. The molecule has 0 unspecified atom stereocenters. The molecule has 1 aromatic carbocycles. The molecule has 0 fully saturated rings. The Balaban J connectivity index is 3.06. The molecule has 1 rings (SSSR count). The monoisotopic (exact) mass is 360 g/mol. The zero-order valence-electron chi connectivity index (χ0n) is 10.8. The number of benzene rings is 1. The molecule has 0 aliphatic rings. The van der Waals surface area contributed by atoms with Gasteiger partial charge in [0, 0.05) is 16.7 Å². The lowest BCUT2D eigenvalue weighted by molar-refractivity contribution is 0.218. The average molecular weight is 361 g/mol. The van der Waals surface area contributed by atoms with Crippen LogP contribution in [0, 0.1) is 0 Å². The average Bonchev–Trinajstić information content (AvgIpc) is 2.34. The van der Waals surface area contributed by atoms with E-state index in [2.05, 4.69) is 0 Å². The molecule has 0 heterocycles. The number of rotatable bonds is 7. The first kappa shape index (κ1) is 17.6. The van der Waals surface area contributed by atoms with Gasteiger partial charge in [-0.3, -0.25) is 9.05 Å². The van der Waals surface area contributed by atoms with Gasteiger partial charge in [-0.05, 0) is 32.2 Å². The Labute approximate surface area is 133 Å². The minimum Gasteiger partial charge on any atom is -0.421 e. The number of hydrogen-bond donors (Lipinski definition) is 0. The van der Waals surface area contributed by atoms with E-state index in [0.29, 0.717) is 29.0 Å². The molecule has 0 saturated carbocycles. The third-order valence-corrected chi connectivity index (χ3v) is 5.66. The second-order valence-corrected chi connectivity index (χ2v) is 7.92. The highest BCUT2D eigenvalue weighted by atomic mass is 35.5. The van der Waals surface area contributed by atoms with E-state index in [4.69, 9.17) is 48.6 Å².